The van der Waals surface area contributed by atoms with Crippen molar-refractivity contribution in [3.63, 3.8) is 0 Å². The lowest BCUT2D eigenvalue weighted by Gasteiger charge is -2.07. The fraction of sp³-hybridized carbons (Fsp3) is 0.333. The Bertz CT molecular complexity index is 790. The molecule has 4 N–H and O–H groups in total. The van der Waals surface area contributed by atoms with E-state index in [1.807, 2.05) is 63.4 Å². The molecular formula is C24H33N3O3. The maximum atomic E-state index is 12.1. The van der Waals surface area contributed by atoms with Gasteiger partial charge in [0.1, 0.15) is 0 Å². The highest BCUT2D eigenvalue weighted by Gasteiger charge is 2.02. The van der Waals surface area contributed by atoms with Crippen LogP contribution in [0.25, 0.3) is 6.08 Å². The smallest absolute Gasteiger partial charge is 0.267 e. The van der Waals surface area contributed by atoms with Gasteiger partial charge in [-0.15, -0.1) is 0 Å². The van der Waals surface area contributed by atoms with Gasteiger partial charge in [-0.1, -0.05) is 42.5 Å². The minimum Gasteiger partial charge on any atom is -0.365 e. The predicted octanol–water partition coefficient (Wildman–Crippen LogP) is 4.01. The van der Waals surface area contributed by atoms with Gasteiger partial charge < -0.3 is 10.6 Å². The van der Waals surface area contributed by atoms with E-state index < -0.39 is 5.91 Å². The largest absolute Gasteiger partial charge is 0.365 e. The Hall–Kier alpha value is -3.12. The van der Waals surface area contributed by atoms with Gasteiger partial charge in [0.15, 0.2) is 0 Å². The third-order valence-electron chi connectivity index (χ3n) is 4.42. The van der Waals surface area contributed by atoms with Crippen molar-refractivity contribution in [2.45, 2.75) is 46.5 Å². The molecule has 0 bridgehead atoms. The van der Waals surface area contributed by atoms with Gasteiger partial charge in [-0.25, -0.2) is 5.48 Å². The molecule has 0 spiro atoms. The van der Waals surface area contributed by atoms with Crippen molar-refractivity contribution in [1.82, 2.24) is 16.1 Å². The van der Waals surface area contributed by atoms with Gasteiger partial charge in [0.2, 0.25) is 5.91 Å². The van der Waals surface area contributed by atoms with Crippen LogP contribution in [0.5, 0.6) is 0 Å². The molecule has 0 aromatic heterocycles. The van der Waals surface area contributed by atoms with Crippen LogP contribution < -0.4 is 16.1 Å². The van der Waals surface area contributed by atoms with Crippen molar-refractivity contribution >= 4 is 17.9 Å². The molecule has 6 nitrogen and oxygen atoms in total. The van der Waals surface area contributed by atoms with Gasteiger partial charge in [0.25, 0.3) is 5.91 Å². The number of rotatable bonds is 12. The van der Waals surface area contributed by atoms with Crippen LogP contribution in [-0.4, -0.2) is 23.6 Å². The fourth-order valence-corrected chi connectivity index (χ4v) is 2.60. The van der Waals surface area contributed by atoms with E-state index in [2.05, 4.69) is 16.7 Å². The summed E-state index contributed by atoms with van der Waals surface area (Å²) in [6.45, 7) is 6.57. The highest BCUT2D eigenvalue weighted by molar-refractivity contribution is 5.90. The summed E-state index contributed by atoms with van der Waals surface area (Å²) in [5, 5.41) is 14.7. The molecule has 0 fully saturated rings. The quantitative estimate of drug-likeness (QED) is 0.181. The Morgan fingerprint density at radius 2 is 1.80 bits per heavy atom. The van der Waals surface area contributed by atoms with Gasteiger partial charge in [-0.3, -0.25) is 14.8 Å². The third kappa shape index (κ3) is 11.0. The average Bonchev–Trinajstić information content (AvgIpc) is 2.76. The zero-order chi connectivity index (χ0) is 22.2. The number of benzene rings is 1. The lowest BCUT2D eigenvalue weighted by Crippen LogP contribution is -2.25. The Balaban J connectivity index is 2.34. The molecule has 0 heterocycles. The first-order valence-corrected chi connectivity index (χ1v) is 10.2. The number of carbonyl (C=O) groups excluding carboxylic acids is 2. The van der Waals surface area contributed by atoms with E-state index in [-0.39, 0.29) is 5.91 Å². The Morgan fingerprint density at radius 3 is 2.43 bits per heavy atom. The molecule has 2 amide bonds. The van der Waals surface area contributed by atoms with Crippen LogP contribution in [0.15, 0.2) is 66.0 Å². The molecule has 0 radical (unpaired) electrons. The van der Waals surface area contributed by atoms with Crippen molar-refractivity contribution < 1.29 is 14.8 Å². The average molecular weight is 412 g/mol. The van der Waals surface area contributed by atoms with Crippen molar-refractivity contribution in [3.05, 3.63) is 77.2 Å². The highest BCUT2D eigenvalue weighted by Crippen LogP contribution is 2.09. The number of allylic oxidation sites excluding steroid dienone is 5. The first-order valence-electron chi connectivity index (χ1n) is 10.2. The summed E-state index contributed by atoms with van der Waals surface area (Å²) in [6.07, 6.45) is 13.8. The molecule has 1 aromatic carbocycles. The molecule has 0 atom stereocenters. The van der Waals surface area contributed by atoms with Gasteiger partial charge >= 0.3 is 0 Å². The SMILES string of the molecule is C/C=C/C(=C\N/C(C)=C/C)CCCC(=O)NCCc1ccc(/C=C/C(=O)NO)cc1. The van der Waals surface area contributed by atoms with Gasteiger partial charge in [0.05, 0.1) is 0 Å². The van der Waals surface area contributed by atoms with Crippen LogP contribution in [0.3, 0.4) is 0 Å². The zero-order valence-corrected chi connectivity index (χ0v) is 18.1. The van der Waals surface area contributed by atoms with Gasteiger partial charge in [0, 0.05) is 30.9 Å². The van der Waals surface area contributed by atoms with Crippen LogP contribution in [0.1, 0.15) is 51.2 Å². The van der Waals surface area contributed by atoms with E-state index >= 15 is 0 Å². The van der Waals surface area contributed by atoms with Crippen LogP contribution >= 0.6 is 0 Å². The lowest BCUT2D eigenvalue weighted by atomic mass is 10.1. The summed E-state index contributed by atoms with van der Waals surface area (Å²) in [5.41, 5.74) is 5.76. The van der Waals surface area contributed by atoms with Crippen molar-refractivity contribution in [2.24, 2.45) is 0 Å². The number of hydrogen-bond donors (Lipinski definition) is 4. The van der Waals surface area contributed by atoms with Crippen molar-refractivity contribution in [2.75, 3.05) is 6.54 Å². The monoisotopic (exact) mass is 411 g/mol. The first-order chi connectivity index (χ1) is 14.5. The number of amides is 2. The molecule has 0 aliphatic rings. The Morgan fingerprint density at radius 1 is 1.07 bits per heavy atom. The molecule has 0 saturated heterocycles. The molecular weight excluding hydrogens is 378 g/mol. The summed E-state index contributed by atoms with van der Waals surface area (Å²) in [6, 6.07) is 7.68. The minimum atomic E-state index is -0.570. The molecule has 30 heavy (non-hydrogen) atoms. The maximum Gasteiger partial charge on any atom is 0.267 e. The van der Waals surface area contributed by atoms with Gasteiger partial charge in [-0.05, 0) is 62.8 Å². The van der Waals surface area contributed by atoms with Crippen LogP contribution in [-0.2, 0) is 16.0 Å². The molecule has 1 rings (SSSR count). The summed E-state index contributed by atoms with van der Waals surface area (Å²) >= 11 is 0. The third-order valence-corrected chi connectivity index (χ3v) is 4.42. The lowest BCUT2D eigenvalue weighted by molar-refractivity contribution is -0.124. The van der Waals surface area contributed by atoms with Crippen molar-refractivity contribution in [1.29, 1.82) is 0 Å². The van der Waals surface area contributed by atoms with Crippen LogP contribution in [0.4, 0.5) is 0 Å². The van der Waals surface area contributed by atoms with E-state index in [4.69, 9.17) is 5.21 Å². The summed E-state index contributed by atoms with van der Waals surface area (Å²) < 4.78 is 0. The second kappa shape index (κ2) is 14.8. The van der Waals surface area contributed by atoms with E-state index in [9.17, 15) is 9.59 Å². The summed E-state index contributed by atoms with van der Waals surface area (Å²) in [4.78, 5) is 23.1. The summed E-state index contributed by atoms with van der Waals surface area (Å²) in [7, 11) is 0. The molecule has 6 heteroatoms. The number of carbonyl (C=O) groups is 2. The molecule has 0 unspecified atom stereocenters. The number of hydrogen-bond acceptors (Lipinski definition) is 4. The normalized spacial score (nSPS) is 12.4. The fourth-order valence-electron chi connectivity index (χ4n) is 2.60. The van der Waals surface area contributed by atoms with E-state index in [0.717, 1.165) is 41.7 Å². The first kappa shape index (κ1) is 24.9. The zero-order valence-electron chi connectivity index (χ0n) is 18.1. The molecule has 162 valence electrons. The second-order valence-electron chi connectivity index (χ2n) is 6.84. The standard InChI is InChI=1S/C24H33N3O3/c1-4-7-22(18-26-19(3)5-2)8-6-9-23(28)25-17-16-21-12-10-20(11-13-21)14-15-24(29)27-30/h4-5,7,10-15,18,26,30H,6,8-9,16-17H2,1-3H3,(H,25,28)(H,27,29)/b7-4+,15-14+,19-5+,22-18+. The Labute approximate surface area is 179 Å². The highest BCUT2D eigenvalue weighted by atomic mass is 16.5. The topological polar surface area (TPSA) is 90.5 Å². The Kier molecular flexibility index (Phi) is 12.3. The van der Waals surface area contributed by atoms with E-state index in [0.29, 0.717) is 13.0 Å². The molecule has 0 aliphatic heterocycles. The van der Waals surface area contributed by atoms with E-state index in [1.165, 1.54) is 6.08 Å². The van der Waals surface area contributed by atoms with E-state index in [1.54, 1.807) is 11.6 Å². The predicted molar refractivity (Wildman–Crippen MR) is 121 cm³/mol. The number of nitrogens with one attached hydrogen (secondary N) is 3. The van der Waals surface area contributed by atoms with Crippen LogP contribution in [0.2, 0.25) is 0 Å². The molecule has 1 aromatic rings. The van der Waals surface area contributed by atoms with Crippen LogP contribution in [0, 0.1) is 0 Å². The van der Waals surface area contributed by atoms with Crippen molar-refractivity contribution in [3.8, 4) is 0 Å². The molecule has 0 aliphatic carbocycles. The summed E-state index contributed by atoms with van der Waals surface area (Å²) in [5.74, 6) is -0.513. The maximum absolute atomic E-state index is 12.1. The molecule has 0 saturated carbocycles. The number of hydroxylamine groups is 1. The second-order valence-corrected chi connectivity index (χ2v) is 6.84. The minimum absolute atomic E-state index is 0.0574. The van der Waals surface area contributed by atoms with Gasteiger partial charge in [-0.2, -0.15) is 0 Å².